The van der Waals surface area contributed by atoms with E-state index in [1.165, 1.54) is 6.21 Å². The first-order valence-corrected chi connectivity index (χ1v) is 2.06. The van der Waals surface area contributed by atoms with Crippen molar-refractivity contribution >= 4 is 6.21 Å². The third-order valence-corrected chi connectivity index (χ3v) is 0.492. The first-order valence-electron chi connectivity index (χ1n) is 2.06. The van der Waals surface area contributed by atoms with Crippen molar-refractivity contribution in [2.24, 2.45) is 5.16 Å². The van der Waals surface area contributed by atoms with Crippen LogP contribution in [0.4, 0.5) is 0 Å². The summed E-state index contributed by atoms with van der Waals surface area (Å²) < 4.78 is 0. The number of nitrogens with zero attached hydrogens (tertiary/aromatic N) is 1. The minimum atomic E-state index is 0.809. The van der Waals surface area contributed by atoms with Crippen molar-refractivity contribution in [3.05, 3.63) is 0 Å². The van der Waals surface area contributed by atoms with Crippen molar-refractivity contribution in [1.82, 2.24) is 0 Å². The van der Waals surface area contributed by atoms with Crippen molar-refractivity contribution in [2.45, 2.75) is 19.8 Å². The van der Waals surface area contributed by atoms with Crippen LogP contribution in [0.15, 0.2) is 5.16 Å². The van der Waals surface area contributed by atoms with Gasteiger partial charge in [0, 0.05) is 6.21 Å². The third-order valence-electron chi connectivity index (χ3n) is 0.492. The molecule has 1 radical (unpaired) electrons. The summed E-state index contributed by atoms with van der Waals surface area (Å²) in [5, 5.41) is 11.8. The van der Waals surface area contributed by atoms with Crippen molar-refractivity contribution in [2.75, 3.05) is 0 Å². The molecule has 0 aromatic heterocycles. The highest BCUT2D eigenvalue weighted by atomic mass is 16.4. The molecule has 0 amide bonds. The molecule has 0 aliphatic carbocycles. The Bertz CT molecular complexity index is 42.8. The summed E-state index contributed by atoms with van der Waals surface area (Å²) in [5.41, 5.74) is 0. The van der Waals surface area contributed by atoms with E-state index in [0.29, 0.717) is 0 Å². The fourth-order valence-corrected chi connectivity index (χ4v) is 0.182. The molecule has 0 rings (SSSR count). The van der Waals surface area contributed by atoms with Gasteiger partial charge < -0.3 is 0 Å². The van der Waals surface area contributed by atoms with Gasteiger partial charge in [0.2, 0.25) is 0 Å². The fraction of sp³-hybridized carbons (Fsp3) is 0.750. The van der Waals surface area contributed by atoms with Crippen LogP contribution >= 0.6 is 0 Å². The maximum absolute atomic E-state index is 9.26. The summed E-state index contributed by atoms with van der Waals surface area (Å²) >= 11 is 0. The monoisotopic (exact) mass is 86.1 g/mol. The normalized spacial score (nSPS) is 10.2. The highest BCUT2D eigenvalue weighted by Gasteiger charge is 1.68. The Kier molecular flexibility index (Phi) is 4.08. The lowest BCUT2D eigenvalue weighted by atomic mass is 10.4. The van der Waals surface area contributed by atoms with E-state index < -0.39 is 0 Å². The zero-order valence-corrected chi connectivity index (χ0v) is 3.85. The van der Waals surface area contributed by atoms with Gasteiger partial charge in [0.1, 0.15) is 0 Å². The number of rotatable bonds is 2. The van der Waals surface area contributed by atoms with Gasteiger partial charge in [0.15, 0.2) is 0 Å². The Labute approximate surface area is 37.5 Å². The van der Waals surface area contributed by atoms with Gasteiger partial charge in [0.05, 0.1) is 0 Å². The van der Waals surface area contributed by atoms with Gasteiger partial charge in [-0.3, -0.25) is 0 Å². The molecule has 0 saturated carbocycles. The van der Waals surface area contributed by atoms with E-state index in [1.54, 1.807) is 0 Å². The van der Waals surface area contributed by atoms with Gasteiger partial charge in [0.25, 0.3) is 0 Å². The van der Waals surface area contributed by atoms with Crippen LogP contribution in [0.2, 0.25) is 0 Å². The van der Waals surface area contributed by atoms with Gasteiger partial charge >= 0.3 is 0 Å². The van der Waals surface area contributed by atoms with Crippen LogP contribution in [0.1, 0.15) is 19.8 Å². The molecule has 0 saturated heterocycles. The SMILES string of the molecule is CCCC=N[O]. The molecule has 0 aromatic carbocycles. The molecule has 2 nitrogen and oxygen atoms in total. The Hall–Kier alpha value is -0.530. The molecule has 0 fully saturated rings. The summed E-state index contributed by atoms with van der Waals surface area (Å²) in [5.74, 6) is 0. The lowest BCUT2D eigenvalue weighted by Gasteiger charge is -1.72. The van der Waals surface area contributed by atoms with E-state index in [9.17, 15) is 5.21 Å². The largest absolute Gasteiger partial charge is 0.146 e. The molecule has 0 aliphatic rings. The molecule has 0 unspecified atom stereocenters. The van der Waals surface area contributed by atoms with Crippen LogP contribution in [-0.2, 0) is 5.21 Å². The molecule has 35 valence electrons. The second kappa shape index (κ2) is 4.47. The summed E-state index contributed by atoms with van der Waals surface area (Å²) in [7, 11) is 0. The highest BCUT2D eigenvalue weighted by Crippen LogP contribution is 1.77. The molecule has 0 atom stereocenters. The van der Waals surface area contributed by atoms with Crippen LogP contribution in [-0.4, -0.2) is 6.21 Å². The van der Waals surface area contributed by atoms with Gasteiger partial charge in [-0.2, -0.15) is 0 Å². The summed E-state index contributed by atoms with van der Waals surface area (Å²) in [6.07, 6.45) is 3.19. The van der Waals surface area contributed by atoms with Gasteiger partial charge in [-0.15, -0.1) is 5.21 Å². The number of unbranched alkanes of at least 4 members (excludes halogenated alkanes) is 1. The minimum Gasteiger partial charge on any atom is -0.146 e. The second-order valence-corrected chi connectivity index (χ2v) is 1.08. The van der Waals surface area contributed by atoms with E-state index in [0.717, 1.165) is 12.8 Å². The zero-order valence-electron chi connectivity index (χ0n) is 3.85. The van der Waals surface area contributed by atoms with Gasteiger partial charge in [-0.05, 0) is 11.6 Å². The second-order valence-electron chi connectivity index (χ2n) is 1.08. The highest BCUT2D eigenvalue weighted by molar-refractivity contribution is 5.55. The molecule has 0 bridgehead atoms. The van der Waals surface area contributed by atoms with Crippen LogP contribution in [0.3, 0.4) is 0 Å². The van der Waals surface area contributed by atoms with Crippen LogP contribution < -0.4 is 0 Å². The smallest absolute Gasteiger partial charge is 0.0489 e. The maximum Gasteiger partial charge on any atom is 0.0489 e. The van der Waals surface area contributed by atoms with Crippen LogP contribution in [0, 0.1) is 0 Å². The summed E-state index contributed by atoms with van der Waals surface area (Å²) in [4.78, 5) is 0. The van der Waals surface area contributed by atoms with E-state index in [-0.39, 0.29) is 0 Å². The zero-order chi connectivity index (χ0) is 4.83. The summed E-state index contributed by atoms with van der Waals surface area (Å²) in [6.45, 7) is 2.00. The Morgan fingerprint density at radius 2 is 2.50 bits per heavy atom. The Balaban J connectivity index is 2.66. The number of hydrogen-bond donors (Lipinski definition) is 0. The Morgan fingerprint density at radius 1 is 1.83 bits per heavy atom. The van der Waals surface area contributed by atoms with Crippen molar-refractivity contribution in [3.63, 3.8) is 0 Å². The van der Waals surface area contributed by atoms with Crippen molar-refractivity contribution in [3.8, 4) is 0 Å². The van der Waals surface area contributed by atoms with E-state index in [4.69, 9.17) is 0 Å². The average Bonchev–Trinajstić information content (AvgIpc) is 1.61. The molecule has 0 aliphatic heterocycles. The molecular formula is C4H8NO. The molecule has 0 aromatic rings. The maximum atomic E-state index is 9.26. The molecule has 6 heavy (non-hydrogen) atoms. The molecule has 0 N–H and O–H groups in total. The van der Waals surface area contributed by atoms with Gasteiger partial charge in [-0.25, -0.2) is 0 Å². The number of hydrogen-bond acceptors (Lipinski definition) is 1. The van der Waals surface area contributed by atoms with Crippen molar-refractivity contribution in [1.29, 1.82) is 0 Å². The molecule has 0 spiro atoms. The molecular weight excluding hydrogens is 78.0 g/mol. The van der Waals surface area contributed by atoms with Crippen LogP contribution in [0.25, 0.3) is 0 Å². The average molecular weight is 86.1 g/mol. The predicted octanol–water partition coefficient (Wildman–Crippen LogP) is 1.20. The first kappa shape index (κ1) is 5.47. The third kappa shape index (κ3) is 3.47. The topological polar surface area (TPSA) is 32.3 Å². The van der Waals surface area contributed by atoms with E-state index in [1.807, 2.05) is 6.92 Å². The summed E-state index contributed by atoms with van der Waals surface area (Å²) in [6, 6.07) is 0. The van der Waals surface area contributed by atoms with E-state index >= 15 is 0 Å². The molecule has 0 heterocycles. The van der Waals surface area contributed by atoms with E-state index in [2.05, 4.69) is 5.16 Å². The fourth-order valence-electron chi connectivity index (χ4n) is 0.182. The lowest BCUT2D eigenvalue weighted by Crippen LogP contribution is -1.67. The van der Waals surface area contributed by atoms with Crippen LogP contribution in [0.5, 0.6) is 0 Å². The minimum absolute atomic E-state index is 0.809. The first-order chi connectivity index (χ1) is 2.91. The van der Waals surface area contributed by atoms with Gasteiger partial charge in [-0.1, -0.05) is 13.3 Å². The standard InChI is InChI=1S/C4H8NO/c1-2-3-4-5-6/h4H,2-3H2,1H3. The quantitative estimate of drug-likeness (QED) is 0.357. The molecule has 2 heteroatoms. The van der Waals surface area contributed by atoms with Crippen molar-refractivity contribution < 1.29 is 5.21 Å². The Morgan fingerprint density at radius 3 is 2.67 bits per heavy atom. The predicted molar refractivity (Wildman–Crippen MR) is 24.1 cm³/mol. The lowest BCUT2D eigenvalue weighted by molar-refractivity contribution is 0.210.